The molecule has 1 aromatic carbocycles. The van der Waals surface area contributed by atoms with Gasteiger partial charge in [0.2, 0.25) is 0 Å². The Bertz CT molecular complexity index is 787. The Morgan fingerprint density at radius 1 is 1.03 bits per heavy atom. The van der Waals surface area contributed by atoms with E-state index in [-0.39, 0.29) is 24.8 Å². The molecule has 0 spiro atoms. The molecule has 8 heteroatoms. The lowest BCUT2D eigenvalue weighted by molar-refractivity contribution is -0.0452. The zero-order valence-electron chi connectivity index (χ0n) is 20.5. The Kier molecular flexibility index (Phi) is 8.23. The number of amides is 2. The molecule has 0 aliphatic carbocycles. The van der Waals surface area contributed by atoms with Gasteiger partial charge in [0.15, 0.2) is 0 Å². The number of carbonyl (C=O) groups excluding carboxylic acids is 2. The van der Waals surface area contributed by atoms with Gasteiger partial charge >= 0.3 is 12.2 Å². The van der Waals surface area contributed by atoms with E-state index in [1.54, 1.807) is 9.80 Å². The van der Waals surface area contributed by atoms with Crippen LogP contribution >= 0.6 is 0 Å². The predicted molar refractivity (Wildman–Crippen MR) is 126 cm³/mol. The first kappa shape index (κ1) is 25.3. The minimum absolute atomic E-state index is 0.188. The summed E-state index contributed by atoms with van der Waals surface area (Å²) in [5, 5.41) is 11.0. The highest BCUT2D eigenvalue weighted by Crippen LogP contribution is 2.27. The third kappa shape index (κ3) is 7.61. The molecule has 0 bridgehead atoms. The standard InChI is InChI=1S/C25H39N3O5/c1-20-18-28(22(29)32-19-21-8-6-5-7-9-21)17-16-26(20)13-10-25(31)11-14-27(15-12-25)23(30)33-24(2,3)4/h5-9,20,31H,10-19H2,1-4H3/t20-/m0/s1. The quantitative estimate of drug-likeness (QED) is 0.723. The number of likely N-dealkylation sites (tertiary alicyclic amines) is 1. The van der Waals surface area contributed by atoms with E-state index >= 15 is 0 Å². The normalized spacial score (nSPS) is 21.5. The van der Waals surface area contributed by atoms with Crippen molar-refractivity contribution in [3.05, 3.63) is 35.9 Å². The van der Waals surface area contributed by atoms with Gasteiger partial charge in [0.1, 0.15) is 12.2 Å². The van der Waals surface area contributed by atoms with E-state index < -0.39 is 11.2 Å². The number of piperazine rings is 1. The van der Waals surface area contributed by atoms with Gasteiger partial charge in [-0.3, -0.25) is 4.90 Å². The Morgan fingerprint density at radius 2 is 1.70 bits per heavy atom. The number of benzene rings is 1. The number of nitrogens with zero attached hydrogens (tertiary/aromatic N) is 3. The van der Waals surface area contributed by atoms with Crippen molar-refractivity contribution in [2.45, 2.75) is 70.8 Å². The van der Waals surface area contributed by atoms with Crippen LogP contribution in [0, 0.1) is 0 Å². The van der Waals surface area contributed by atoms with Gasteiger partial charge in [0.05, 0.1) is 5.60 Å². The highest BCUT2D eigenvalue weighted by molar-refractivity contribution is 5.68. The van der Waals surface area contributed by atoms with Crippen LogP contribution in [0.3, 0.4) is 0 Å². The minimum atomic E-state index is -0.774. The molecule has 2 heterocycles. The maximum atomic E-state index is 12.5. The number of ether oxygens (including phenoxy) is 2. The molecule has 3 rings (SSSR count). The van der Waals surface area contributed by atoms with E-state index in [9.17, 15) is 14.7 Å². The smallest absolute Gasteiger partial charge is 0.410 e. The molecule has 1 atom stereocenters. The second-order valence-corrected chi connectivity index (χ2v) is 10.3. The van der Waals surface area contributed by atoms with Gasteiger partial charge in [-0.25, -0.2) is 9.59 Å². The fourth-order valence-corrected chi connectivity index (χ4v) is 4.34. The van der Waals surface area contributed by atoms with Crippen LogP contribution in [0.5, 0.6) is 0 Å². The number of piperidine rings is 1. The number of carbonyl (C=O) groups is 2. The van der Waals surface area contributed by atoms with Gasteiger partial charge in [-0.05, 0) is 52.5 Å². The molecule has 1 N–H and O–H groups in total. The van der Waals surface area contributed by atoms with Crippen molar-refractivity contribution >= 4 is 12.2 Å². The van der Waals surface area contributed by atoms with Gasteiger partial charge < -0.3 is 24.4 Å². The Morgan fingerprint density at radius 3 is 2.30 bits per heavy atom. The zero-order chi connectivity index (χ0) is 24.1. The summed E-state index contributed by atoms with van der Waals surface area (Å²) in [6, 6.07) is 9.87. The maximum absolute atomic E-state index is 12.5. The number of hydrogen-bond donors (Lipinski definition) is 1. The fourth-order valence-electron chi connectivity index (χ4n) is 4.34. The summed E-state index contributed by atoms with van der Waals surface area (Å²) >= 11 is 0. The Balaban J connectivity index is 1.39. The molecule has 2 aliphatic heterocycles. The Labute approximate surface area is 197 Å². The van der Waals surface area contributed by atoms with Crippen LogP contribution < -0.4 is 0 Å². The van der Waals surface area contributed by atoms with Crippen LogP contribution in [0.15, 0.2) is 30.3 Å². The largest absolute Gasteiger partial charge is 0.445 e. The van der Waals surface area contributed by atoms with Gasteiger partial charge in [-0.1, -0.05) is 30.3 Å². The minimum Gasteiger partial charge on any atom is -0.445 e. The molecule has 0 radical (unpaired) electrons. The maximum Gasteiger partial charge on any atom is 0.410 e. The van der Waals surface area contributed by atoms with Crippen molar-refractivity contribution in [2.75, 3.05) is 39.3 Å². The van der Waals surface area contributed by atoms with Crippen molar-refractivity contribution < 1.29 is 24.2 Å². The molecular formula is C25H39N3O5. The van der Waals surface area contributed by atoms with Crippen LogP contribution in [0.2, 0.25) is 0 Å². The average molecular weight is 462 g/mol. The highest BCUT2D eigenvalue weighted by Gasteiger charge is 2.36. The molecule has 1 aromatic rings. The lowest BCUT2D eigenvalue weighted by atomic mass is 9.88. The third-order valence-corrected chi connectivity index (χ3v) is 6.44. The lowest BCUT2D eigenvalue weighted by Gasteiger charge is -2.42. The summed E-state index contributed by atoms with van der Waals surface area (Å²) in [4.78, 5) is 30.5. The van der Waals surface area contributed by atoms with Gasteiger partial charge in [0, 0.05) is 45.3 Å². The van der Waals surface area contributed by atoms with Crippen molar-refractivity contribution in [1.82, 2.24) is 14.7 Å². The van der Waals surface area contributed by atoms with E-state index in [1.165, 1.54) is 0 Å². The van der Waals surface area contributed by atoms with E-state index in [4.69, 9.17) is 9.47 Å². The lowest BCUT2D eigenvalue weighted by Crippen LogP contribution is -2.55. The van der Waals surface area contributed by atoms with E-state index in [0.717, 1.165) is 18.7 Å². The van der Waals surface area contributed by atoms with Gasteiger partial charge in [-0.15, -0.1) is 0 Å². The van der Waals surface area contributed by atoms with Gasteiger partial charge in [-0.2, -0.15) is 0 Å². The van der Waals surface area contributed by atoms with Gasteiger partial charge in [0.25, 0.3) is 0 Å². The van der Waals surface area contributed by atoms with E-state index in [1.807, 2.05) is 51.1 Å². The summed E-state index contributed by atoms with van der Waals surface area (Å²) in [6.45, 7) is 11.7. The summed E-state index contributed by atoms with van der Waals surface area (Å²) in [5.74, 6) is 0. The van der Waals surface area contributed by atoms with Crippen molar-refractivity contribution in [3.8, 4) is 0 Å². The van der Waals surface area contributed by atoms with E-state index in [2.05, 4.69) is 11.8 Å². The van der Waals surface area contributed by atoms with Crippen molar-refractivity contribution in [1.29, 1.82) is 0 Å². The molecule has 33 heavy (non-hydrogen) atoms. The second-order valence-electron chi connectivity index (χ2n) is 10.3. The molecule has 2 amide bonds. The predicted octanol–water partition coefficient (Wildman–Crippen LogP) is 3.48. The van der Waals surface area contributed by atoms with Crippen molar-refractivity contribution in [2.24, 2.45) is 0 Å². The molecule has 0 aromatic heterocycles. The summed E-state index contributed by atoms with van der Waals surface area (Å²) in [5.41, 5.74) is -0.315. The first-order valence-electron chi connectivity index (χ1n) is 11.9. The molecular weight excluding hydrogens is 422 g/mol. The average Bonchev–Trinajstić information content (AvgIpc) is 2.76. The van der Waals surface area contributed by atoms with Crippen LogP contribution in [-0.2, 0) is 16.1 Å². The number of aliphatic hydroxyl groups is 1. The molecule has 2 saturated heterocycles. The molecule has 0 saturated carbocycles. The SMILES string of the molecule is C[C@H]1CN(C(=O)OCc2ccccc2)CCN1CCC1(O)CCN(C(=O)OC(C)(C)C)CC1. The van der Waals surface area contributed by atoms with Crippen molar-refractivity contribution in [3.63, 3.8) is 0 Å². The highest BCUT2D eigenvalue weighted by atomic mass is 16.6. The summed E-state index contributed by atoms with van der Waals surface area (Å²) in [6.07, 6.45) is 1.16. The topological polar surface area (TPSA) is 82.6 Å². The Hall–Kier alpha value is -2.32. The molecule has 184 valence electrons. The molecule has 2 fully saturated rings. The zero-order valence-corrected chi connectivity index (χ0v) is 20.5. The number of rotatable bonds is 5. The molecule has 0 unspecified atom stereocenters. The first-order chi connectivity index (χ1) is 15.5. The fraction of sp³-hybridized carbons (Fsp3) is 0.680. The molecule has 2 aliphatic rings. The second kappa shape index (κ2) is 10.7. The van der Waals surface area contributed by atoms with Crippen LogP contribution in [0.1, 0.15) is 52.5 Å². The first-order valence-corrected chi connectivity index (χ1v) is 11.9. The van der Waals surface area contributed by atoms with Crippen LogP contribution in [-0.4, -0.2) is 88.5 Å². The monoisotopic (exact) mass is 461 g/mol. The molecule has 8 nitrogen and oxygen atoms in total. The van der Waals surface area contributed by atoms with E-state index in [0.29, 0.717) is 45.4 Å². The number of hydrogen-bond acceptors (Lipinski definition) is 6. The summed E-state index contributed by atoms with van der Waals surface area (Å²) in [7, 11) is 0. The van der Waals surface area contributed by atoms with Crippen LogP contribution in [0.4, 0.5) is 9.59 Å². The summed E-state index contributed by atoms with van der Waals surface area (Å²) < 4.78 is 10.9. The van der Waals surface area contributed by atoms with Crippen LogP contribution in [0.25, 0.3) is 0 Å². The third-order valence-electron chi connectivity index (χ3n) is 6.44.